The molecule has 0 aromatic heterocycles. The van der Waals surface area contributed by atoms with Crippen LogP contribution < -0.4 is 0 Å². The standard InChI is InChI=1S/C9H19BrO3S/c1-8(2)14(11,12)6-4-5-9(10)7-13-3/h8-9H,4-7H2,1-3H3. The molecule has 0 N–H and O–H groups in total. The van der Waals surface area contributed by atoms with Crippen molar-refractivity contribution in [2.24, 2.45) is 0 Å². The van der Waals surface area contributed by atoms with Crippen molar-refractivity contribution in [2.75, 3.05) is 19.5 Å². The molecule has 0 bridgehead atoms. The van der Waals surface area contributed by atoms with Crippen LogP contribution in [0.4, 0.5) is 0 Å². The van der Waals surface area contributed by atoms with Crippen LogP contribution in [0, 0.1) is 0 Å². The number of methoxy groups -OCH3 is 1. The average Bonchev–Trinajstić information content (AvgIpc) is 2.04. The fraction of sp³-hybridized carbons (Fsp3) is 1.00. The Morgan fingerprint density at radius 2 is 1.93 bits per heavy atom. The topological polar surface area (TPSA) is 43.4 Å². The second-order valence-electron chi connectivity index (χ2n) is 3.61. The molecule has 0 saturated carbocycles. The lowest BCUT2D eigenvalue weighted by Gasteiger charge is -2.10. The predicted octanol–water partition coefficient (Wildman–Crippen LogP) is 2.00. The Morgan fingerprint density at radius 3 is 2.36 bits per heavy atom. The van der Waals surface area contributed by atoms with E-state index in [0.717, 1.165) is 6.42 Å². The van der Waals surface area contributed by atoms with E-state index in [1.165, 1.54) is 0 Å². The summed E-state index contributed by atoms with van der Waals surface area (Å²) in [5.41, 5.74) is 0. The summed E-state index contributed by atoms with van der Waals surface area (Å²) in [5, 5.41) is -0.265. The number of hydrogen-bond acceptors (Lipinski definition) is 3. The molecule has 0 aliphatic rings. The smallest absolute Gasteiger partial charge is 0.152 e. The lowest BCUT2D eigenvalue weighted by atomic mass is 10.3. The van der Waals surface area contributed by atoms with Crippen LogP contribution in [0.25, 0.3) is 0 Å². The summed E-state index contributed by atoms with van der Waals surface area (Å²) < 4.78 is 27.8. The molecule has 1 unspecified atom stereocenters. The molecule has 0 rings (SSSR count). The second kappa shape index (κ2) is 6.80. The number of alkyl halides is 1. The summed E-state index contributed by atoms with van der Waals surface area (Å²) in [6, 6.07) is 0. The summed E-state index contributed by atoms with van der Waals surface area (Å²) in [7, 11) is -1.23. The van der Waals surface area contributed by atoms with E-state index in [4.69, 9.17) is 4.74 Å². The monoisotopic (exact) mass is 286 g/mol. The quantitative estimate of drug-likeness (QED) is 0.673. The molecule has 0 fully saturated rings. The molecule has 1 atom stereocenters. The summed E-state index contributed by atoms with van der Waals surface area (Å²) >= 11 is 3.42. The molecule has 86 valence electrons. The lowest BCUT2D eigenvalue weighted by Crippen LogP contribution is -2.19. The normalized spacial score (nSPS) is 14.6. The average molecular weight is 287 g/mol. The molecular formula is C9H19BrO3S. The highest BCUT2D eigenvalue weighted by Gasteiger charge is 2.16. The zero-order chi connectivity index (χ0) is 11.2. The number of halogens is 1. The first-order valence-corrected chi connectivity index (χ1v) is 7.38. The molecule has 0 aromatic carbocycles. The van der Waals surface area contributed by atoms with Gasteiger partial charge in [-0.2, -0.15) is 0 Å². The maximum atomic E-state index is 11.4. The summed E-state index contributed by atoms with van der Waals surface area (Å²) in [5.74, 6) is 0.274. The third-order valence-electron chi connectivity index (χ3n) is 2.01. The van der Waals surface area contributed by atoms with Crippen LogP contribution in [0.1, 0.15) is 26.7 Å². The molecule has 5 heteroatoms. The van der Waals surface area contributed by atoms with Crippen molar-refractivity contribution in [3.8, 4) is 0 Å². The fourth-order valence-electron chi connectivity index (χ4n) is 1.01. The van der Waals surface area contributed by atoms with Crippen LogP contribution in [-0.2, 0) is 14.6 Å². The molecule has 14 heavy (non-hydrogen) atoms. The van der Waals surface area contributed by atoms with Crippen LogP contribution in [-0.4, -0.2) is 38.0 Å². The second-order valence-corrected chi connectivity index (χ2v) is 7.58. The third kappa shape index (κ3) is 5.98. The van der Waals surface area contributed by atoms with E-state index in [2.05, 4.69) is 15.9 Å². The fourth-order valence-corrected chi connectivity index (χ4v) is 2.63. The Labute approximate surface area is 95.3 Å². The Balaban J connectivity index is 3.74. The molecular weight excluding hydrogens is 268 g/mol. The van der Waals surface area contributed by atoms with Crippen LogP contribution in [0.2, 0.25) is 0 Å². The van der Waals surface area contributed by atoms with Gasteiger partial charge in [0.05, 0.1) is 17.6 Å². The third-order valence-corrected chi connectivity index (χ3v) is 5.03. The van der Waals surface area contributed by atoms with Crippen molar-refractivity contribution in [1.82, 2.24) is 0 Å². The van der Waals surface area contributed by atoms with Gasteiger partial charge in [-0.1, -0.05) is 15.9 Å². The Hall–Kier alpha value is 0.390. The molecule has 0 saturated heterocycles. The molecule has 0 spiro atoms. The Morgan fingerprint density at radius 1 is 1.36 bits per heavy atom. The van der Waals surface area contributed by atoms with Gasteiger partial charge < -0.3 is 4.74 Å². The van der Waals surface area contributed by atoms with E-state index in [1.807, 2.05) is 0 Å². The van der Waals surface area contributed by atoms with Crippen molar-refractivity contribution in [3.63, 3.8) is 0 Å². The number of sulfone groups is 1. The molecule has 0 radical (unpaired) electrons. The van der Waals surface area contributed by atoms with E-state index in [1.54, 1.807) is 21.0 Å². The SMILES string of the molecule is COCC(Br)CCCS(=O)(=O)C(C)C. The van der Waals surface area contributed by atoms with Gasteiger partial charge in [0.25, 0.3) is 0 Å². The number of hydrogen-bond donors (Lipinski definition) is 0. The highest BCUT2D eigenvalue weighted by atomic mass is 79.9. The molecule has 0 aromatic rings. The summed E-state index contributed by atoms with van der Waals surface area (Å²) in [4.78, 5) is 0.259. The molecule has 0 aliphatic carbocycles. The van der Waals surface area contributed by atoms with Gasteiger partial charge in [0.2, 0.25) is 0 Å². The van der Waals surface area contributed by atoms with E-state index >= 15 is 0 Å². The van der Waals surface area contributed by atoms with E-state index in [9.17, 15) is 8.42 Å². The van der Waals surface area contributed by atoms with Crippen LogP contribution >= 0.6 is 15.9 Å². The minimum atomic E-state index is -2.87. The summed E-state index contributed by atoms with van der Waals surface area (Å²) in [6.07, 6.45) is 1.53. The van der Waals surface area contributed by atoms with Gasteiger partial charge >= 0.3 is 0 Å². The van der Waals surface area contributed by atoms with Crippen molar-refractivity contribution in [3.05, 3.63) is 0 Å². The predicted molar refractivity (Wildman–Crippen MR) is 62.7 cm³/mol. The molecule has 0 heterocycles. The van der Waals surface area contributed by atoms with Gasteiger partial charge in [-0.25, -0.2) is 8.42 Å². The van der Waals surface area contributed by atoms with Gasteiger partial charge in [-0.15, -0.1) is 0 Å². The maximum absolute atomic E-state index is 11.4. The molecule has 0 aliphatic heterocycles. The molecule has 3 nitrogen and oxygen atoms in total. The first kappa shape index (κ1) is 14.4. The Kier molecular flexibility index (Phi) is 6.99. The van der Waals surface area contributed by atoms with Crippen LogP contribution in [0.5, 0.6) is 0 Å². The number of rotatable bonds is 7. The first-order chi connectivity index (χ1) is 6.40. The van der Waals surface area contributed by atoms with Crippen molar-refractivity contribution >= 4 is 25.8 Å². The van der Waals surface area contributed by atoms with Gasteiger partial charge in [0.1, 0.15) is 0 Å². The van der Waals surface area contributed by atoms with Gasteiger partial charge in [0, 0.05) is 11.9 Å². The maximum Gasteiger partial charge on any atom is 0.152 e. The highest BCUT2D eigenvalue weighted by molar-refractivity contribution is 9.09. The van der Waals surface area contributed by atoms with Gasteiger partial charge in [0.15, 0.2) is 9.84 Å². The van der Waals surface area contributed by atoms with Crippen molar-refractivity contribution in [2.45, 2.75) is 36.8 Å². The minimum Gasteiger partial charge on any atom is -0.384 e. The lowest BCUT2D eigenvalue weighted by molar-refractivity contribution is 0.198. The Bertz CT molecular complexity index is 236. The van der Waals surface area contributed by atoms with Gasteiger partial charge in [-0.3, -0.25) is 0 Å². The summed E-state index contributed by atoms with van der Waals surface area (Å²) in [6.45, 7) is 4.06. The van der Waals surface area contributed by atoms with Crippen LogP contribution in [0.15, 0.2) is 0 Å². The van der Waals surface area contributed by atoms with E-state index < -0.39 is 9.84 Å². The minimum absolute atomic E-state index is 0.259. The van der Waals surface area contributed by atoms with Crippen molar-refractivity contribution in [1.29, 1.82) is 0 Å². The highest BCUT2D eigenvalue weighted by Crippen LogP contribution is 2.11. The van der Waals surface area contributed by atoms with E-state index in [0.29, 0.717) is 13.0 Å². The van der Waals surface area contributed by atoms with Crippen molar-refractivity contribution < 1.29 is 13.2 Å². The zero-order valence-corrected chi connectivity index (χ0v) is 11.4. The van der Waals surface area contributed by atoms with E-state index in [-0.39, 0.29) is 15.8 Å². The number of ether oxygens (including phenoxy) is 1. The molecule has 0 amide bonds. The first-order valence-electron chi connectivity index (χ1n) is 4.74. The van der Waals surface area contributed by atoms with Gasteiger partial charge in [-0.05, 0) is 26.7 Å². The largest absolute Gasteiger partial charge is 0.384 e. The zero-order valence-electron chi connectivity index (χ0n) is 8.99. The van der Waals surface area contributed by atoms with Crippen LogP contribution in [0.3, 0.4) is 0 Å².